The van der Waals surface area contributed by atoms with Crippen LogP contribution in [-0.4, -0.2) is 31.1 Å². The fraction of sp³-hybridized carbons (Fsp3) is 0.333. The van der Waals surface area contributed by atoms with Gasteiger partial charge in [0.1, 0.15) is 36.4 Å². The van der Waals surface area contributed by atoms with Gasteiger partial charge in [0.2, 0.25) is 0 Å². The van der Waals surface area contributed by atoms with E-state index in [0.717, 1.165) is 0 Å². The number of benzene rings is 4. The van der Waals surface area contributed by atoms with Crippen LogP contribution in [0.1, 0.15) is 44.5 Å². The molecule has 0 heterocycles. The van der Waals surface area contributed by atoms with Gasteiger partial charge in [0.05, 0.1) is 50.4 Å². The van der Waals surface area contributed by atoms with Crippen LogP contribution in [0.4, 0.5) is 105 Å². The number of halogens is 25. The van der Waals surface area contributed by atoms with Gasteiger partial charge in [-0.05, 0) is 24.3 Å². The van der Waals surface area contributed by atoms with Gasteiger partial charge in [-0.3, -0.25) is 0 Å². The Morgan fingerprint density at radius 2 is 0.500 bits per heavy atom. The second kappa shape index (κ2) is 18.3. The molecule has 0 aliphatic rings. The summed E-state index contributed by atoms with van der Waals surface area (Å²) in [6, 6.07) is -8.81. The van der Waals surface area contributed by atoms with Gasteiger partial charge in [0.25, 0.3) is 0 Å². The molecule has 0 aliphatic carbocycles. The second-order valence-electron chi connectivity index (χ2n) is 13.5. The van der Waals surface area contributed by atoms with Crippen molar-refractivity contribution in [2.45, 2.75) is 49.4 Å². The molecule has 356 valence electrons. The minimum absolute atomic E-state index is 0.100. The van der Waals surface area contributed by atoms with E-state index < -0.39 is 195 Å². The topological polar surface area (TPSA) is 9.23 Å². The van der Waals surface area contributed by atoms with Crippen molar-refractivity contribution < 1.29 is 110 Å². The fourth-order valence-electron chi connectivity index (χ4n) is 6.27. The van der Waals surface area contributed by atoms with Crippen LogP contribution in [0.3, 0.4) is 0 Å². The second-order valence-corrected chi connectivity index (χ2v) is 15.6. The van der Waals surface area contributed by atoms with E-state index in [1.165, 1.54) is 0 Å². The molecule has 4 aromatic carbocycles. The Morgan fingerprint density at radius 1 is 0.344 bits per heavy atom. The lowest BCUT2D eigenvalue weighted by Gasteiger charge is -2.46. The zero-order valence-corrected chi connectivity index (χ0v) is 32.8. The molecule has 0 unspecified atom stereocenters. The molecule has 0 radical (unpaired) electrons. The minimum atomic E-state index is -6.13. The van der Waals surface area contributed by atoms with Crippen LogP contribution < -0.4 is 21.9 Å². The van der Waals surface area contributed by atoms with Crippen molar-refractivity contribution in [3.8, 4) is 0 Å². The fourth-order valence-corrected chi connectivity index (χ4v) is 6.85. The Morgan fingerprint density at radius 3 is 0.594 bits per heavy atom. The first kappa shape index (κ1) is 54.2. The van der Waals surface area contributed by atoms with E-state index in [9.17, 15) is 105 Å². The highest BCUT2D eigenvalue weighted by Gasteiger charge is 2.47. The van der Waals surface area contributed by atoms with Crippen molar-refractivity contribution in [3.63, 3.8) is 0 Å². The zero-order valence-electron chi connectivity index (χ0n) is 31.2. The molecule has 0 spiro atoms. The molecular weight excluding hydrogens is 983 g/mol. The lowest BCUT2D eigenvalue weighted by atomic mass is 9.12. The molecule has 0 atom stereocenters. The number of alkyl halides is 25. The Bertz CT molecular complexity index is 1830. The van der Waals surface area contributed by atoms with E-state index in [4.69, 9.17) is 15.8 Å². The summed E-state index contributed by atoms with van der Waals surface area (Å²) in [5, 5.41) is 0. The molecule has 0 aromatic heterocycles. The lowest BCUT2D eigenvalue weighted by molar-refractivity contribution is -0.144. The quantitative estimate of drug-likeness (QED) is 0.0776. The molecule has 0 aliphatic heterocycles. The summed E-state index contributed by atoms with van der Waals surface area (Å²) in [5.41, 5.74) is -30.2. The standard InChI is InChI=1S/C32H12BF24.C4H10ClOS/c34-25(35,36)13-1-14(26(37,38)39)6-21(5-13)33(22-7-15(27(40,41)42)2-16(8-22)28(43,44)45,23-9-17(29(46,47)48)3-18(10-23)30(49,50)51)24-11-19(31(52,53)54)4-20(12-24)32(55,56)57;1-7(2)6-4-3-5/h1-12H;3-4H2,1-2H3/q-1;+1. The first-order chi connectivity index (χ1) is 28.5. The number of hydrogen-bond acceptors (Lipinski definition) is 1. The van der Waals surface area contributed by atoms with Gasteiger partial charge < -0.3 is 0 Å². The van der Waals surface area contributed by atoms with E-state index in [2.05, 4.69) is 0 Å². The predicted octanol–water partition coefficient (Wildman–Crippen LogP) is 12.2. The van der Waals surface area contributed by atoms with E-state index in [1.54, 1.807) is 0 Å². The molecule has 64 heavy (non-hydrogen) atoms. The van der Waals surface area contributed by atoms with Crippen molar-refractivity contribution in [2.75, 3.05) is 25.0 Å². The largest absolute Gasteiger partial charge is 0.416 e. The summed E-state index contributed by atoms with van der Waals surface area (Å²) >= 11 is 5.43. The smallest absolute Gasteiger partial charge is 0.194 e. The third kappa shape index (κ3) is 13.0. The average Bonchev–Trinajstić information content (AvgIpc) is 3.11. The van der Waals surface area contributed by atoms with Crippen molar-refractivity contribution >= 4 is 50.8 Å². The molecule has 0 N–H and O–H groups in total. The first-order valence-corrected chi connectivity index (χ1v) is 19.2. The van der Waals surface area contributed by atoms with Crippen LogP contribution in [-0.2, 0) is 64.8 Å². The Balaban J connectivity index is 0.00000143. The van der Waals surface area contributed by atoms with Crippen LogP contribution in [0, 0.1) is 0 Å². The third-order valence-corrected chi connectivity index (χ3v) is 9.63. The maximum atomic E-state index is 14.2. The molecule has 0 saturated carbocycles. The first-order valence-electron chi connectivity index (χ1n) is 16.7. The van der Waals surface area contributed by atoms with Crippen LogP contribution >= 0.6 is 11.6 Å². The van der Waals surface area contributed by atoms with Crippen LogP contribution in [0.25, 0.3) is 0 Å². The monoisotopic (exact) mass is 1000 g/mol. The highest BCUT2D eigenvalue weighted by Crippen LogP contribution is 2.41. The Labute approximate surface area is 351 Å². The van der Waals surface area contributed by atoms with E-state index in [0.29, 0.717) is 12.5 Å². The SMILES string of the molecule is C[S+](C)OCCCl.FC(F)(F)c1cc([B-](c2cc(C(F)(F)F)cc(C(F)(F)F)c2)(c2cc(C(F)(F)F)cc(C(F)(F)F)c2)c2cc(C(F)(F)F)cc(C(F)(F)F)c2)cc(C(F)(F)F)c1. The van der Waals surface area contributed by atoms with Gasteiger partial charge in [-0.2, -0.15) is 131 Å². The van der Waals surface area contributed by atoms with Crippen molar-refractivity contribution in [3.05, 3.63) is 117 Å². The molecule has 4 rings (SSSR count). The average molecular weight is 1000 g/mol. The summed E-state index contributed by atoms with van der Waals surface area (Å²) in [6.45, 7) is 0.678. The van der Waals surface area contributed by atoms with Crippen LogP contribution in [0.2, 0.25) is 0 Å². The van der Waals surface area contributed by atoms with Gasteiger partial charge in [0.15, 0.2) is 0 Å². The maximum Gasteiger partial charge on any atom is 0.416 e. The van der Waals surface area contributed by atoms with Gasteiger partial charge in [-0.25, -0.2) is 0 Å². The van der Waals surface area contributed by atoms with Crippen LogP contribution in [0.5, 0.6) is 0 Å². The summed E-state index contributed by atoms with van der Waals surface area (Å²) in [5.74, 6) is 0.602. The molecule has 0 saturated heterocycles. The lowest BCUT2D eigenvalue weighted by Crippen LogP contribution is -2.75. The molecule has 1 nitrogen and oxygen atoms in total. The summed E-state index contributed by atoms with van der Waals surface area (Å²) in [6.07, 6.45) is -50.8. The Hall–Kier alpha value is -4.14. The van der Waals surface area contributed by atoms with E-state index in [1.807, 2.05) is 12.5 Å². The number of rotatable bonds is 7. The summed E-state index contributed by atoms with van der Waals surface area (Å²) < 4.78 is 346. The highest BCUT2D eigenvalue weighted by atomic mass is 35.5. The normalized spacial score (nSPS) is 13.9. The van der Waals surface area contributed by atoms with Crippen molar-refractivity contribution in [1.82, 2.24) is 0 Å². The maximum absolute atomic E-state index is 14.2. The van der Waals surface area contributed by atoms with Gasteiger partial charge >= 0.3 is 49.4 Å². The number of hydrogen-bond donors (Lipinski definition) is 0. The summed E-state index contributed by atoms with van der Waals surface area (Å²) in [7, 11) is 0. The molecule has 0 fully saturated rings. The zero-order chi connectivity index (χ0) is 49.6. The molecule has 0 bridgehead atoms. The minimum Gasteiger partial charge on any atom is -0.194 e. The van der Waals surface area contributed by atoms with Crippen molar-refractivity contribution in [2.24, 2.45) is 0 Å². The molecular formula is C36H22BClF24OS. The predicted molar refractivity (Wildman–Crippen MR) is 186 cm³/mol. The summed E-state index contributed by atoms with van der Waals surface area (Å²) in [4.78, 5) is 0. The molecule has 28 heteroatoms. The van der Waals surface area contributed by atoms with E-state index >= 15 is 0 Å². The third-order valence-electron chi connectivity index (χ3n) is 8.84. The highest BCUT2D eigenvalue weighted by molar-refractivity contribution is 7.90. The molecule has 4 aromatic rings. The Kier molecular flexibility index (Phi) is 15.5. The van der Waals surface area contributed by atoms with E-state index in [-0.39, 0.29) is 11.2 Å². The van der Waals surface area contributed by atoms with Crippen molar-refractivity contribution in [1.29, 1.82) is 0 Å². The van der Waals surface area contributed by atoms with Gasteiger partial charge in [-0.1, -0.05) is 48.5 Å². The molecule has 0 amide bonds. The van der Waals surface area contributed by atoms with Gasteiger partial charge in [0, 0.05) is 0 Å². The van der Waals surface area contributed by atoms with Crippen LogP contribution in [0.15, 0.2) is 72.8 Å². The van der Waals surface area contributed by atoms with Gasteiger partial charge in [-0.15, -0.1) is 11.6 Å².